The van der Waals surface area contributed by atoms with Gasteiger partial charge >= 0.3 is 0 Å². The molecule has 0 aromatic heterocycles. The summed E-state index contributed by atoms with van der Waals surface area (Å²) < 4.78 is 13.0. The molecule has 1 aromatic carbocycles. The van der Waals surface area contributed by atoms with Crippen molar-refractivity contribution in [2.75, 3.05) is 0 Å². The number of amides is 1. The third kappa shape index (κ3) is 3.89. The first-order chi connectivity index (χ1) is 8.04. The van der Waals surface area contributed by atoms with E-state index in [9.17, 15) is 9.18 Å². The number of nitrogens with one attached hydrogen (secondary N) is 1. The molecule has 1 amide bonds. The molecule has 0 fully saturated rings. The van der Waals surface area contributed by atoms with Crippen molar-refractivity contribution in [1.82, 2.24) is 5.32 Å². The Balaban J connectivity index is 2.64. The molecule has 1 aromatic rings. The van der Waals surface area contributed by atoms with Crippen LogP contribution >= 0.6 is 0 Å². The molecular formula is C13H15FN2O. The van der Waals surface area contributed by atoms with E-state index in [-0.39, 0.29) is 24.2 Å². The van der Waals surface area contributed by atoms with Crippen LogP contribution in [0.2, 0.25) is 0 Å². The SMILES string of the molecule is C#CCC(N)C(=O)N[C@@H](C)c1cccc(F)c1. The first-order valence-corrected chi connectivity index (χ1v) is 5.29. The van der Waals surface area contributed by atoms with Crippen molar-refractivity contribution < 1.29 is 9.18 Å². The standard InChI is InChI=1S/C13H15FN2O/c1-3-5-12(15)13(17)16-9(2)10-6-4-7-11(14)8-10/h1,4,6-9,12H,5,15H2,2H3,(H,16,17)/t9-,12?/m0/s1. The molecule has 17 heavy (non-hydrogen) atoms. The summed E-state index contributed by atoms with van der Waals surface area (Å²) in [5.41, 5.74) is 6.24. The molecule has 1 unspecified atom stereocenters. The summed E-state index contributed by atoms with van der Waals surface area (Å²) in [6.45, 7) is 1.76. The van der Waals surface area contributed by atoms with E-state index in [1.807, 2.05) is 0 Å². The first kappa shape index (κ1) is 13.2. The quantitative estimate of drug-likeness (QED) is 0.773. The minimum atomic E-state index is -0.726. The van der Waals surface area contributed by atoms with Crippen LogP contribution in [0.3, 0.4) is 0 Å². The fraction of sp³-hybridized carbons (Fsp3) is 0.308. The van der Waals surface area contributed by atoms with Crippen LogP contribution in [0.25, 0.3) is 0 Å². The van der Waals surface area contributed by atoms with Gasteiger partial charge in [-0.05, 0) is 24.6 Å². The number of nitrogens with two attached hydrogens (primary N) is 1. The molecular weight excluding hydrogens is 219 g/mol. The van der Waals surface area contributed by atoms with Crippen molar-refractivity contribution in [2.24, 2.45) is 5.73 Å². The van der Waals surface area contributed by atoms with Crippen LogP contribution in [0.4, 0.5) is 4.39 Å². The van der Waals surface area contributed by atoms with Crippen molar-refractivity contribution in [3.05, 3.63) is 35.6 Å². The Morgan fingerprint density at radius 3 is 2.94 bits per heavy atom. The summed E-state index contributed by atoms with van der Waals surface area (Å²) in [5.74, 6) is 1.65. The molecule has 90 valence electrons. The molecule has 1 rings (SSSR count). The summed E-state index contributed by atoms with van der Waals surface area (Å²) in [6, 6.07) is 5.02. The minimum Gasteiger partial charge on any atom is -0.348 e. The predicted molar refractivity (Wildman–Crippen MR) is 64.4 cm³/mol. The van der Waals surface area contributed by atoms with Crippen LogP contribution in [-0.2, 0) is 4.79 Å². The van der Waals surface area contributed by atoms with Gasteiger partial charge in [0.05, 0.1) is 12.1 Å². The Kier molecular flexibility index (Phi) is 4.68. The molecule has 0 heterocycles. The summed E-state index contributed by atoms with van der Waals surface area (Å²) in [5, 5.41) is 2.68. The predicted octanol–water partition coefficient (Wildman–Crippen LogP) is 1.35. The largest absolute Gasteiger partial charge is 0.348 e. The van der Waals surface area contributed by atoms with E-state index in [4.69, 9.17) is 12.2 Å². The van der Waals surface area contributed by atoms with E-state index in [1.165, 1.54) is 12.1 Å². The van der Waals surface area contributed by atoms with E-state index in [2.05, 4.69) is 11.2 Å². The second-order valence-corrected chi connectivity index (χ2v) is 3.80. The number of hydrogen-bond donors (Lipinski definition) is 2. The van der Waals surface area contributed by atoms with Gasteiger partial charge in [0.15, 0.2) is 0 Å². The van der Waals surface area contributed by atoms with Gasteiger partial charge in [0.25, 0.3) is 0 Å². The van der Waals surface area contributed by atoms with E-state index < -0.39 is 6.04 Å². The zero-order chi connectivity index (χ0) is 12.8. The molecule has 0 aliphatic rings. The molecule has 0 saturated carbocycles. The minimum absolute atomic E-state index is 0.182. The maximum atomic E-state index is 13.0. The van der Waals surface area contributed by atoms with Gasteiger partial charge in [0.1, 0.15) is 5.82 Å². The molecule has 0 aliphatic carbocycles. The Labute approximate surface area is 100 Å². The van der Waals surface area contributed by atoms with Crippen molar-refractivity contribution >= 4 is 5.91 Å². The lowest BCUT2D eigenvalue weighted by atomic mass is 10.1. The highest BCUT2D eigenvalue weighted by atomic mass is 19.1. The van der Waals surface area contributed by atoms with Gasteiger partial charge in [0, 0.05) is 6.42 Å². The number of carbonyl (C=O) groups excluding carboxylic acids is 1. The average molecular weight is 234 g/mol. The summed E-state index contributed by atoms with van der Waals surface area (Å²) in [4.78, 5) is 11.6. The van der Waals surface area contributed by atoms with Gasteiger partial charge in [-0.25, -0.2) is 4.39 Å². The Morgan fingerprint density at radius 2 is 2.35 bits per heavy atom. The van der Waals surface area contributed by atoms with Crippen LogP contribution in [0.15, 0.2) is 24.3 Å². The maximum absolute atomic E-state index is 13.0. The lowest BCUT2D eigenvalue weighted by Crippen LogP contribution is -2.41. The summed E-state index contributed by atoms with van der Waals surface area (Å²) in [6.07, 6.45) is 5.25. The second-order valence-electron chi connectivity index (χ2n) is 3.80. The Bertz CT molecular complexity index is 439. The number of rotatable bonds is 4. The van der Waals surface area contributed by atoms with E-state index >= 15 is 0 Å². The fourth-order valence-corrected chi connectivity index (χ4v) is 1.40. The molecule has 3 nitrogen and oxygen atoms in total. The molecule has 0 radical (unpaired) electrons. The third-order valence-electron chi connectivity index (χ3n) is 2.38. The van der Waals surface area contributed by atoms with Gasteiger partial charge in [-0.3, -0.25) is 4.79 Å². The molecule has 0 bridgehead atoms. The molecule has 0 aliphatic heterocycles. The summed E-state index contributed by atoms with van der Waals surface area (Å²) in [7, 11) is 0. The second kappa shape index (κ2) is 6.02. The first-order valence-electron chi connectivity index (χ1n) is 5.29. The van der Waals surface area contributed by atoms with Crippen molar-refractivity contribution in [3.63, 3.8) is 0 Å². The number of hydrogen-bond acceptors (Lipinski definition) is 2. The number of carbonyl (C=O) groups is 1. The monoisotopic (exact) mass is 234 g/mol. The van der Waals surface area contributed by atoms with Gasteiger partial charge in [0.2, 0.25) is 5.91 Å². The van der Waals surface area contributed by atoms with Crippen LogP contribution in [0, 0.1) is 18.2 Å². The Hall–Kier alpha value is -1.86. The zero-order valence-corrected chi connectivity index (χ0v) is 9.61. The van der Waals surface area contributed by atoms with Crippen LogP contribution in [0.1, 0.15) is 24.9 Å². The molecule has 2 atom stereocenters. The van der Waals surface area contributed by atoms with Crippen LogP contribution < -0.4 is 11.1 Å². The average Bonchev–Trinajstić information content (AvgIpc) is 2.29. The van der Waals surface area contributed by atoms with E-state index in [1.54, 1.807) is 19.1 Å². The van der Waals surface area contributed by atoms with Crippen molar-refractivity contribution in [2.45, 2.75) is 25.4 Å². The highest BCUT2D eigenvalue weighted by Crippen LogP contribution is 2.13. The van der Waals surface area contributed by atoms with Crippen LogP contribution in [0.5, 0.6) is 0 Å². The molecule has 0 saturated heterocycles. The highest BCUT2D eigenvalue weighted by molar-refractivity contribution is 5.82. The van der Waals surface area contributed by atoms with Gasteiger partial charge in [-0.15, -0.1) is 12.3 Å². The molecule has 0 spiro atoms. The summed E-state index contributed by atoms with van der Waals surface area (Å²) >= 11 is 0. The van der Waals surface area contributed by atoms with Gasteiger partial charge in [-0.1, -0.05) is 12.1 Å². The lowest BCUT2D eigenvalue weighted by molar-refractivity contribution is -0.122. The molecule has 4 heteroatoms. The van der Waals surface area contributed by atoms with Crippen LogP contribution in [-0.4, -0.2) is 11.9 Å². The molecule has 3 N–H and O–H groups in total. The fourth-order valence-electron chi connectivity index (χ4n) is 1.40. The topological polar surface area (TPSA) is 55.1 Å². The van der Waals surface area contributed by atoms with Crippen molar-refractivity contribution in [3.8, 4) is 12.3 Å². The maximum Gasteiger partial charge on any atom is 0.238 e. The number of benzene rings is 1. The van der Waals surface area contributed by atoms with E-state index in [0.29, 0.717) is 5.56 Å². The van der Waals surface area contributed by atoms with Gasteiger partial charge < -0.3 is 11.1 Å². The van der Waals surface area contributed by atoms with Crippen molar-refractivity contribution in [1.29, 1.82) is 0 Å². The smallest absolute Gasteiger partial charge is 0.238 e. The lowest BCUT2D eigenvalue weighted by Gasteiger charge is -2.16. The Morgan fingerprint density at radius 1 is 1.65 bits per heavy atom. The zero-order valence-electron chi connectivity index (χ0n) is 9.61. The van der Waals surface area contributed by atoms with Gasteiger partial charge in [-0.2, -0.15) is 0 Å². The van der Waals surface area contributed by atoms with E-state index in [0.717, 1.165) is 0 Å². The number of terminal acetylenes is 1. The number of halogens is 1. The highest BCUT2D eigenvalue weighted by Gasteiger charge is 2.15. The third-order valence-corrected chi connectivity index (χ3v) is 2.38. The normalized spacial score (nSPS) is 13.5.